The zero-order valence-corrected chi connectivity index (χ0v) is 14.5. The van der Waals surface area contributed by atoms with E-state index in [2.05, 4.69) is 71.2 Å². The van der Waals surface area contributed by atoms with Gasteiger partial charge in [-0.25, -0.2) is 0 Å². The molecule has 1 aromatic rings. The van der Waals surface area contributed by atoms with E-state index in [9.17, 15) is 0 Å². The van der Waals surface area contributed by atoms with E-state index in [1.807, 2.05) is 0 Å². The zero-order chi connectivity index (χ0) is 14.6. The van der Waals surface area contributed by atoms with Crippen molar-refractivity contribution >= 4 is 15.9 Å². The van der Waals surface area contributed by atoms with Crippen molar-refractivity contribution in [2.75, 3.05) is 13.1 Å². The molecule has 1 aliphatic heterocycles. The van der Waals surface area contributed by atoms with E-state index in [4.69, 9.17) is 0 Å². The molecule has 1 heterocycles. The molecule has 0 aromatic heterocycles. The fourth-order valence-corrected chi connectivity index (χ4v) is 3.24. The van der Waals surface area contributed by atoms with Crippen LogP contribution in [0.2, 0.25) is 0 Å². The molecule has 2 nitrogen and oxygen atoms in total. The van der Waals surface area contributed by atoms with E-state index in [-0.39, 0.29) is 5.54 Å². The van der Waals surface area contributed by atoms with Crippen molar-refractivity contribution < 1.29 is 0 Å². The van der Waals surface area contributed by atoms with Gasteiger partial charge in [0.25, 0.3) is 0 Å². The maximum Gasteiger partial charge on any atom is 0.0237 e. The third-order valence-corrected chi connectivity index (χ3v) is 4.39. The Bertz CT molecular complexity index is 425. The molecule has 3 heteroatoms. The third-order valence-electron chi connectivity index (χ3n) is 3.89. The zero-order valence-electron chi connectivity index (χ0n) is 13.0. The molecule has 1 aromatic carbocycles. The quantitative estimate of drug-likeness (QED) is 0.885. The summed E-state index contributed by atoms with van der Waals surface area (Å²) in [6, 6.07) is 9.36. The number of halogens is 1. The molecule has 0 radical (unpaired) electrons. The van der Waals surface area contributed by atoms with Crippen molar-refractivity contribution in [1.82, 2.24) is 10.2 Å². The van der Waals surface area contributed by atoms with E-state index in [1.165, 1.54) is 35.8 Å². The average Bonchev–Trinajstić information content (AvgIpc) is 2.37. The molecule has 1 aliphatic rings. The molecule has 0 spiro atoms. The van der Waals surface area contributed by atoms with Gasteiger partial charge in [-0.2, -0.15) is 0 Å². The number of likely N-dealkylation sites (tertiary alicyclic amines) is 1. The number of nitrogens with one attached hydrogen (secondary N) is 1. The monoisotopic (exact) mass is 338 g/mol. The smallest absolute Gasteiger partial charge is 0.0237 e. The predicted molar refractivity (Wildman–Crippen MR) is 89.9 cm³/mol. The second kappa shape index (κ2) is 7.06. The van der Waals surface area contributed by atoms with Crippen LogP contribution in [0.5, 0.6) is 0 Å². The average molecular weight is 339 g/mol. The van der Waals surface area contributed by atoms with E-state index < -0.39 is 0 Å². The molecule has 2 rings (SSSR count). The second-order valence-corrected chi connectivity index (χ2v) is 7.80. The molecular formula is C17H27BrN2. The van der Waals surface area contributed by atoms with Crippen molar-refractivity contribution in [3.8, 4) is 0 Å². The molecule has 1 saturated heterocycles. The van der Waals surface area contributed by atoms with Gasteiger partial charge in [-0.1, -0.05) is 34.5 Å². The molecule has 1 N–H and O–H groups in total. The first-order valence-electron chi connectivity index (χ1n) is 7.67. The fraction of sp³-hybridized carbons (Fsp3) is 0.647. The summed E-state index contributed by atoms with van der Waals surface area (Å²) >= 11 is 3.57. The Balaban J connectivity index is 1.96. The Labute approximate surface area is 132 Å². The van der Waals surface area contributed by atoms with Crippen LogP contribution < -0.4 is 5.32 Å². The Kier molecular flexibility index (Phi) is 5.65. The molecule has 20 heavy (non-hydrogen) atoms. The number of hydrogen-bond donors (Lipinski definition) is 1. The lowest BCUT2D eigenvalue weighted by atomic mass is 9.99. The maximum atomic E-state index is 3.67. The molecule has 112 valence electrons. The fourth-order valence-electron chi connectivity index (χ4n) is 2.79. The number of hydrogen-bond acceptors (Lipinski definition) is 2. The predicted octanol–water partition coefficient (Wildman–Crippen LogP) is 4.19. The van der Waals surface area contributed by atoms with Crippen molar-refractivity contribution in [2.45, 2.75) is 58.2 Å². The summed E-state index contributed by atoms with van der Waals surface area (Å²) in [6.45, 7) is 10.1. The van der Waals surface area contributed by atoms with Gasteiger partial charge >= 0.3 is 0 Å². The highest BCUT2D eigenvalue weighted by Crippen LogP contribution is 2.21. The summed E-state index contributed by atoms with van der Waals surface area (Å²) in [5.41, 5.74) is 1.61. The van der Waals surface area contributed by atoms with Crippen LogP contribution in [0.1, 0.15) is 45.6 Å². The lowest BCUT2D eigenvalue weighted by molar-refractivity contribution is 0.131. The minimum absolute atomic E-state index is 0.207. The lowest BCUT2D eigenvalue weighted by Crippen LogP contribution is -2.49. The van der Waals surface area contributed by atoms with E-state index in [1.54, 1.807) is 0 Å². The molecule has 1 unspecified atom stereocenters. The summed E-state index contributed by atoms with van der Waals surface area (Å²) in [5, 5.41) is 3.67. The molecular weight excluding hydrogens is 312 g/mol. The Hall–Kier alpha value is -0.380. The standard InChI is InChI=1S/C17H27BrN2/c1-17(2,3)19-12-16-9-4-5-10-20(16)13-14-7-6-8-15(18)11-14/h6-8,11,16,19H,4-5,9-10,12-13H2,1-3H3. The summed E-state index contributed by atoms with van der Waals surface area (Å²) in [6.07, 6.45) is 4.02. The van der Waals surface area contributed by atoms with E-state index >= 15 is 0 Å². The molecule has 0 saturated carbocycles. The van der Waals surface area contributed by atoms with Gasteiger partial charge in [-0.3, -0.25) is 4.90 Å². The van der Waals surface area contributed by atoms with Crippen molar-refractivity contribution in [1.29, 1.82) is 0 Å². The van der Waals surface area contributed by atoms with Crippen LogP contribution in [0.4, 0.5) is 0 Å². The van der Waals surface area contributed by atoms with Gasteiger partial charge in [-0.15, -0.1) is 0 Å². The Morgan fingerprint density at radius 1 is 1.30 bits per heavy atom. The molecule has 0 bridgehead atoms. The van der Waals surface area contributed by atoms with Crippen LogP contribution in [-0.2, 0) is 6.54 Å². The number of nitrogens with zero attached hydrogens (tertiary/aromatic N) is 1. The SMILES string of the molecule is CC(C)(C)NCC1CCCCN1Cc1cccc(Br)c1. The first kappa shape index (κ1) is 16.0. The first-order chi connectivity index (χ1) is 9.44. The van der Waals surface area contributed by atoms with Crippen LogP contribution in [0.15, 0.2) is 28.7 Å². The Morgan fingerprint density at radius 3 is 2.80 bits per heavy atom. The largest absolute Gasteiger partial charge is 0.311 e. The van der Waals surface area contributed by atoms with Crippen LogP contribution in [0.25, 0.3) is 0 Å². The molecule has 0 aliphatic carbocycles. The van der Waals surface area contributed by atoms with Gasteiger partial charge in [0.2, 0.25) is 0 Å². The summed E-state index contributed by atoms with van der Waals surface area (Å²) < 4.78 is 1.18. The third kappa shape index (κ3) is 5.19. The molecule has 1 atom stereocenters. The van der Waals surface area contributed by atoms with Crippen molar-refractivity contribution in [3.63, 3.8) is 0 Å². The summed E-state index contributed by atoms with van der Waals surface area (Å²) in [4.78, 5) is 2.64. The highest BCUT2D eigenvalue weighted by atomic mass is 79.9. The van der Waals surface area contributed by atoms with Crippen LogP contribution in [-0.4, -0.2) is 29.6 Å². The normalized spacial score (nSPS) is 21.1. The maximum absolute atomic E-state index is 3.67. The minimum Gasteiger partial charge on any atom is -0.311 e. The van der Waals surface area contributed by atoms with Gasteiger partial charge in [0.15, 0.2) is 0 Å². The van der Waals surface area contributed by atoms with Crippen molar-refractivity contribution in [3.05, 3.63) is 34.3 Å². The topological polar surface area (TPSA) is 15.3 Å². The van der Waals surface area contributed by atoms with Gasteiger partial charge in [0.05, 0.1) is 0 Å². The van der Waals surface area contributed by atoms with Gasteiger partial charge in [0.1, 0.15) is 0 Å². The highest BCUT2D eigenvalue weighted by molar-refractivity contribution is 9.10. The lowest BCUT2D eigenvalue weighted by Gasteiger charge is -2.37. The minimum atomic E-state index is 0.207. The van der Waals surface area contributed by atoms with Crippen LogP contribution in [0.3, 0.4) is 0 Å². The molecule has 0 amide bonds. The first-order valence-corrected chi connectivity index (χ1v) is 8.47. The number of rotatable bonds is 4. The number of piperidine rings is 1. The van der Waals surface area contributed by atoms with Gasteiger partial charge in [-0.05, 0) is 57.9 Å². The molecule has 1 fully saturated rings. The van der Waals surface area contributed by atoms with E-state index in [0.29, 0.717) is 6.04 Å². The number of benzene rings is 1. The van der Waals surface area contributed by atoms with E-state index in [0.717, 1.165) is 13.1 Å². The highest BCUT2D eigenvalue weighted by Gasteiger charge is 2.23. The Morgan fingerprint density at radius 2 is 2.10 bits per heavy atom. The van der Waals surface area contributed by atoms with Gasteiger partial charge < -0.3 is 5.32 Å². The summed E-state index contributed by atoms with van der Waals surface area (Å²) in [5.74, 6) is 0. The van der Waals surface area contributed by atoms with Gasteiger partial charge in [0, 0.05) is 29.1 Å². The van der Waals surface area contributed by atoms with Crippen LogP contribution in [0, 0.1) is 0 Å². The van der Waals surface area contributed by atoms with Crippen LogP contribution >= 0.6 is 15.9 Å². The summed E-state index contributed by atoms with van der Waals surface area (Å²) in [7, 11) is 0. The second-order valence-electron chi connectivity index (χ2n) is 6.88. The van der Waals surface area contributed by atoms with Crippen molar-refractivity contribution in [2.24, 2.45) is 0 Å².